The van der Waals surface area contributed by atoms with Gasteiger partial charge >= 0.3 is 0 Å². The van der Waals surface area contributed by atoms with Crippen LogP contribution in [0.5, 0.6) is 0 Å². The number of fused-ring (bicyclic) bond motifs is 1. The van der Waals surface area contributed by atoms with Crippen LogP contribution in [-0.2, 0) is 11.2 Å². The number of carbonyl (C=O) groups excluding carboxylic acids is 2. The number of nitrogens with one attached hydrogen (secondary N) is 1. The van der Waals surface area contributed by atoms with Gasteiger partial charge in [0.1, 0.15) is 0 Å². The molecule has 9 heteroatoms. The summed E-state index contributed by atoms with van der Waals surface area (Å²) in [6.07, 6.45) is 3.20. The highest BCUT2D eigenvalue weighted by Crippen LogP contribution is 2.20. The molecule has 0 atom stereocenters. The molecule has 1 N–H and O–H groups in total. The minimum Gasteiger partial charge on any atom is -0.339 e. The van der Waals surface area contributed by atoms with Gasteiger partial charge in [-0.2, -0.15) is 4.98 Å². The summed E-state index contributed by atoms with van der Waals surface area (Å²) < 4.78 is 1.77. The van der Waals surface area contributed by atoms with Gasteiger partial charge < -0.3 is 10.2 Å². The van der Waals surface area contributed by atoms with E-state index < -0.39 is 0 Å². The first kappa shape index (κ1) is 24.7. The quantitative estimate of drug-likeness (QED) is 0.446. The zero-order chi connectivity index (χ0) is 24.0. The largest absolute Gasteiger partial charge is 0.339 e. The minimum absolute atomic E-state index is 0.0108. The van der Waals surface area contributed by atoms with Crippen molar-refractivity contribution < 1.29 is 9.59 Å². The van der Waals surface area contributed by atoms with Gasteiger partial charge in [0.25, 0.3) is 11.7 Å². The van der Waals surface area contributed by atoms with Crippen molar-refractivity contribution in [2.45, 2.75) is 59.0 Å². The molecule has 0 unspecified atom stereocenters. The molecule has 0 aliphatic heterocycles. The van der Waals surface area contributed by atoms with Crippen LogP contribution in [0.2, 0.25) is 0 Å². The number of hydrogen-bond acceptors (Lipinski definition) is 6. The van der Waals surface area contributed by atoms with Gasteiger partial charge in [0, 0.05) is 35.7 Å². The molecule has 0 saturated carbocycles. The van der Waals surface area contributed by atoms with E-state index in [2.05, 4.69) is 27.3 Å². The van der Waals surface area contributed by atoms with Crippen molar-refractivity contribution in [2.75, 3.05) is 24.2 Å². The summed E-state index contributed by atoms with van der Waals surface area (Å²) >= 11 is 1.27. The lowest BCUT2D eigenvalue weighted by molar-refractivity contribution is -0.113. The standard InChI is InChI=1S/C24H32N6O2S/c1-6-9-10-20-16(4)25-23-27-24(28-30(23)17(20)5)33-15-21(31)26-19-13-11-18(12-14-19)22(32)29(7-2)8-3/h11-14H,6-10,15H2,1-5H3,(H,26,31). The Morgan fingerprint density at radius 2 is 1.76 bits per heavy atom. The Bertz CT molecular complexity index is 1120. The molecule has 8 nitrogen and oxygen atoms in total. The van der Waals surface area contributed by atoms with Gasteiger partial charge in [-0.3, -0.25) is 9.59 Å². The predicted octanol–water partition coefficient (Wildman–Crippen LogP) is 4.30. The number of hydrogen-bond donors (Lipinski definition) is 1. The SMILES string of the molecule is CCCCc1c(C)nc2nc(SCC(=O)Nc3ccc(C(=O)N(CC)CC)cc3)nn2c1C. The second-order valence-corrected chi connectivity index (χ2v) is 8.81. The highest BCUT2D eigenvalue weighted by atomic mass is 32.2. The first-order valence-corrected chi connectivity index (χ1v) is 12.4. The van der Waals surface area contributed by atoms with E-state index in [4.69, 9.17) is 0 Å². The van der Waals surface area contributed by atoms with E-state index in [9.17, 15) is 9.59 Å². The van der Waals surface area contributed by atoms with E-state index in [1.807, 2.05) is 27.7 Å². The average molecular weight is 469 g/mol. The summed E-state index contributed by atoms with van der Waals surface area (Å²) in [7, 11) is 0. The fraction of sp³-hybridized carbons (Fsp3) is 0.458. The van der Waals surface area contributed by atoms with Crippen molar-refractivity contribution >= 4 is 35.0 Å². The summed E-state index contributed by atoms with van der Waals surface area (Å²) in [6.45, 7) is 11.5. The topological polar surface area (TPSA) is 92.5 Å². The lowest BCUT2D eigenvalue weighted by Gasteiger charge is -2.18. The van der Waals surface area contributed by atoms with Crippen LogP contribution in [0.4, 0.5) is 5.69 Å². The Kier molecular flexibility index (Phi) is 8.43. The summed E-state index contributed by atoms with van der Waals surface area (Å²) in [6, 6.07) is 6.96. The molecule has 0 aliphatic carbocycles. The lowest BCUT2D eigenvalue weighted by atomic mass is 10.1. The van der Waals surface area contributed by atoms with Crippen molar-refractivity contribution in [1.82, 2.24) is 24.5 Å². The van der Waals surface area contributed by atoms with Crippen LogP contribution in [0, 0.1) is 13.8 Å². The Labute approximate surface area is 199 Å². The van der Waals surface area contributed by atoms with Crippen molar-refractivity contribution in [3.8, 4) is 0 Å². The number of aryl methyl sites for hydroxylation is 2. The number of rotatable bonds is 10. The van der Waals surface area contributed by atoms with Crippen molar-refractivity contribution in [3.63, 3.8) is 0 Å². The van der Waals surface area contributed by atoms with Crippen LogP contribution in [0.1, 0.15) is 60.9 Å². The number of unbranched alkanes of at least 4 members (excludes halogenated alkanes) is 1. The molecule has 1 aromatic carbocycles. The Hall–Kier alpha value is -2.94. The van der Waals surface area contributed by atoms with E-state index in [0.29, 0.717) is 35.3 Å². The third-order valence-electron chi connectivity index (χ3n) is 5.61. The maximum atomic E-state index is 12.4. The van der Waals surface area contributed by atoms with Gasteiger partial charge in [-0.15, -0.1) is 5.10 Å². The second kappa shape index (κ2) is 11.3. The molecule has 3 aromatic rings. The normalized spacial score (nSPS) is 11.1. The molecule has 2 heterocycles. The van der Waals surface area contributed by atoms with Crippen LogP contribution in [0.15, 0.2) is 29.4 Å². The zero-order valence-electron chi connectivity index (χ0n) is 20.0. The number of carbonyl (C=O) groups is 2. The molecule has 0 radical (unpaired) electrons. The van der Waals surface area contributed by atoms with Crippen LogP contribution in [0.3, 0.4) is 0 Å². The number of anilines is 1. The third kappa shape index (κ3) is 5.90. The second-order valence-electron chi connectivity index (χ2n) is 7.86. The van der Waals surface area contributed by atoms with E-state index in [1.165, 1.54) is 17.3 Å². The van der Waals surface area contributed by atoms with Crippen molar-refractivity contribution in [2.24, 2.45) is 0 Å². The summed E-state index contributed by atoms with van der Waals surface area (Å²) in [5, 5.41) is 7.93. The Morgan fingerprint density at radius 1 is 1.06 bits per heavy atom. The number of nitrogens with zero attached hydrogens (tertiary/aromatic N) is 5. The van der Waals surface area contributed by atoms with Crippen molar-refractivity contribution in [1.29, 1.82) is 0 Å². The maximum absolute atomic E-state index is 12.4. The number of thioether (sulfide) groups is 1. The van der Waals surface area contributed by atoms with E-state index in [-0.39, 0.29) is 17.6 Å². The number of amides is 2. The molecular weight excluding hydrogens is 436 g/mol. The summed E-state index contributed by atoms with van der Waals surface area (Å²) in [5.74, 6) is 0.564. The molecule has 0 saturated heterocycles. The smallest absolute Gasteiger partial charge is 0.253 e. The molecule has 0 bridgehead atoms. The molecule has 0 aliphatic rings. The molecule has 2 amide bonds. The minimum atomic E-state index is -0.161. The van der Waals surface area contributed by atoms with E-state index in [0.717, 1.165) is 30.7 Å². The highest BCUT2D eigenvalue weighted by molar-refractivity contribution is 7.99. The van der Waals surface area contributed by atoms with Crippen molar-refractivity contribution in [3.05, 3.63) is 46.8 Å². The molecule has 176 valence electrons. The Balaban J connectivity index is 1.61. The zero-order valence-corrected chi connectivity index (χ0v) is 20.8. The molecule has 2 aromatic heterocycles. The third-order valence-corrected chi connectivity index (χ3v) is 6.45. The number of aromatic nitrogens is 4. The monoisotopic (exact) mass is 468 g/mol. The van der Waals surface area contributed by atoms with Gasteiger partial charge in [-0.25, -0.2) is 9.50 Å². The fourth-order valence-corrected chi connectivity index (χ4v) is 4.30. The molecular formula is C24H32N6O2S. The van der Waals surface area contributed by atoms with E-state index in [1.54, 1.807) is 33.7 Å². The average Bonchev–Trinajstić information content (AvgIpc) is 3.22. The predicted molar refractivity (Wildman–Crippen MR) is 132 cm³/mol. The molecule has 33 heavy (non-hydrogen) atoms. The summed E-state index contributed by atoms with van der Waals surface area (Å²) in [5.41, 5.74) is 4.50. The first-order valence-electron chi connectivity index (χ1n) is 11.4. The highest BCUT2D eigenvalue weighted by Gasteiger charge is 2.15. The van der Waals surface area contributed by atoms with Crippen LogP contribution < -0.4 is 5.32 Å². The number of benzene rings is 1. The Morgan fingerprint density at radius 3 is 2.39 bits per heavy atom. The van der Waals surface area contributed by atoms with Crippen LogP contribution in [0.25, 0.3) is 5.78 Å². The molecule has 3 rings (SSSR count). The fourth-order valence-electron chi connectivity index (χ4n) is 3.68. The van der Waals surface area contributed by atoms with Gasteiger partial charge in [0.05, 0.1) is 5.75 Å². The van der Waals surface area contributed by atoms with Gasteiger partial charge in [0.2, 0.25) is 11.1 Å². The van der Waals surface area contributed by atoms with E-state index >= 15 is 0 Å². The first-order chi connectivity index (χ1) is 15.9. The van der Waals surface area contributed by atoms with Gasteiger partial charge in [0.15, 0.2) is 0 Å². The van der Waals surface area contributed by atoms with Crippen LogP contribution >= 0.6 is 11.8 Å². The summed E-state index contributed by atoms with van der Waals surface area (Å²) in [4.78, 5) is 35.7. The van der Waals surface area contributed by atoms with Crippen LogP contribution in [-0.4, -0.2) is 55.1 Å². The molecule has 0 fully saturated rings. The lowest BCUT2D eigenvalue weighted by Crippen LogP contribution is -2.30. The van der Waals surface area contributed by atoms with Gasteiger partial charge in [-0.05, 0) is 70.4 Å². The maximum Gasteiger partial charge on any atom is 0.253 e. The molecule has 0 spiro atoms. The van der Waals surface area contributed by atoms with Gasteiger partial charge in [-0.1, -0.05) is 25.1 Å².